The smallest absolute Gasteiger partial charge is 0.143 e. The van der Waals surface area contributed by atoms with Crippen LogP contribution >= 0.6 is 0 Å². The van der Waals surface area contributed by atoms with Crippen molar-refractivity contribution < 1.29 is 8.83 Å². The van der Waals surface area contributed by atoms with Crippen LogP contribution in [0.15, 0.2) is 336 Å². The molecule has 20 aromatic rings. The summed E-state index contributed by atoms with van der Waals surface area (Å²) in [6.45, 7) is 0. The first-order valence-electron chi connectivity index (χ1n) is 32.5. The molecule has 0 N–H and O–H groups in total. The molecular weight excluding hydrogens is 1140 g/mol. The Balaban J connectivity index is 0.767. The number of hydrogen-bond acceptors (Lipinski definition) is 2. The minimum Gasteiger partial charge on any atom is -0.455 e. The van der Waals surface area contributed by atoms with Crippen LogP contribution in [-0.4, -0.2) is 0 Å². The van der Waals surface area contributed by atoms with Gasteiger partial charge in [0.15, 0.2) is 0 Å². The van der Waals surface area contributed by atoms with Gasteiger partial charge in [-0.1, -0.05) is 297 Å². The predicted octanol–water partition coefficient (Wildman–Crippen LogP) is 26.4. The molecule has 0 unspecified atom stereocenters. The van der Waals surface area contributed by atoms with Crippen molar-refractivity contribution in [3.05, 3.63) is 328 Å². The van der Waals surface area contributed by atoms with Crippen molar-refractivity contribution in [2.24, 2.45) is 0 Å². The van der Waals surface area contributed by atoms with Gasteiger partial charge in [-0.15, -0.1) is 0 Å². The van der Waals surface area contributed by atoms with Gasteiger partial charge in [0.1, 0.15) is 22.3 Å². The zero-order chi connectivity index (χ0) is 61.5. The lowest BCUT2D eigenvalue weighted by atomic mass is 9.83. The number of hydrogen-bond donors (Lipinski definition) is 0. The van der Waals surface area contributed by atoms with Crippen molar-refractivity contribution in [2.75, 3.05) is 0 Å². The van der Waals surface area contributed by atoms with Crippen LogP contribution in [0.2, 0.25) is 0 Å². The Hall–Kier alpha value is -12.4. The van der Waals surface area contributed by atoms with Crippen LogP contribution in [0, 0.1) is 0 Å². The molecule has 0 atom stereocenters. The maximum Gasteiger partial charge on any atom is 0.143 e. The minimum absolute atomic E-state index is 0.871. The van der Waals surface area contributed by atoms with E-state index in [0.717, 1.165) is 98.8 Å². The number of rotatable bonds is 7. The van der Waals surface area contributed by atoms with Crippen LogP contribution in [-0.2, 0) is 0 Å². The van der Waals surface area contributed by atoms with E-state index in [4.69, 9.17) is 8.83 Å². The van der Waals surface area contributed by atoms with E-state index >= 15 is 0 Å². The van der Waals surface area contributed by atoms with Gasteiger partial charge in [0.2, 0.25) is 0 Å². The lowest BCUT2D eigenvalue weighted by molar-refractivity contribution is 0.672. The second-order valence-electron chi connectivity index (χ2n) is 25.1. The van der Waals surface area contributed by atoms with Crippen LogP contribution in [0.3, 0.4) is 0 Å². The van der Waals surface area contributed by atoms with E-state index in [1.165, 1.54) is 109 Å². The molecular formula is C92H54O2. The van der Waals surface area contributed by atoms with Crippen molar-refractivity contribution in [2.45, 2.75) is 0 Å². The van der Waals surface area contributed by atoms with Gasteiger partial charge in [-0.05, 0) is 178 Å². The molecule has 18 aromatic carbocycles. The molecule has 0 saturated carbocycles. The standard InChI is InChI=1S/C92H54O2/c1-4-26-62-55(20-1)23-16-37-63(62)58-44-46-59(47-45-58)84-71-29-7-13-35-77(71)87(78-36-14-8-30-72(78)84)80-53-52-79(92-89(80)82-51-49-57-22-3-6-28-66(57)91(82)94-92)69-41-17-40-68-67(69)39-18-42-70(68)86-75-33-11-9-31-73(75)85(74-32-10-12-34-76(74)86)61-25-15-24-60(54-61)64-38-19-43-83-88(64)81-50-48-56-21-2-5-27-65(56)90(81)93-83/h1-54H. The van der Waals surface area contributed by atoms with Gasteiger partial charge in [-0.25, -0.2) is 0 Å². The first kappa shape index (κ1) is 52.4. The molecule has 20 rings (SSSR count). The van der Waals surface area contributed by atoms with Gasteiger partial charge in [-0.2, -0.15) is 0 Å². The van der Waals surface area contributed by atoms with Crippen molar-refractivity contribution >= 4 is 130 Å². The molecule has 0 aliphatic heterocycles. The topological polar surface area (TPSA) is 26.3 Å². The molecule has 0 saturated heterocycles. The molecule has 0 radical (unpaired) electrons. The normalized spacial score (nSPS) is 12.0. The molecule has 0 aliphatic carbocycles. The second-order valence-corrected chi connectivity index (χ2v) is 25.1. The fourth-order valence-corrected chi connectivity index (χ4v) is 16.2. The average Bonchev–Trinajstić information content (AvgIpc) is 1.33. The highest BCUT2D eigenvalue weighted by Gasteiger charge is 2.26. The SMILES string of the molecule is c1cc(-c2c3ccccc3c(-c3cccc4c(-c5ccc(-c6c7ccccc7c(-c7ccc(-c8cccc9ccccc89)cc7)c7ccccc67)c6c5oc5c7ccccc7ccc56)cccc34)c3ccccc23)cc(-c2cccc3oc4c5ccccc5ccc4c23)c1. The Morgan fingerprint density at radius 2 is 0.553 bits per heavy atom. The Bertz CT molecular complexity index is 6480. The van der Waals surface area contributed by atoms with Crippen LogP contribution in [0.1, 0.15) is 0 Å². The summed E-state index contributed by atoms with van der Waals surface area (Å²) in [5, 5.41) is 23.4. The average molecular weight is 1190 g/mol. The zero-order valence-electron chi connectivity index (χ0n) is 51.0. The van der Waals surface area contributed by atoms with E-state index in [2.05, 4.69) is 328 Å². The van der Waals surface area contributed by atoms with Gasteiger partial charge < -0.3 is 8.83 Å². The largest absolute Gasteiger partial charge is 0.455 e. The van der Waals surface area contributed by atoms with Crippen LogP contribution < -0.4 is 0 Å². The number of furan rings is 2. The summed E-state index contributed by atoms with van der Waals surface area (Å²) in [6.07, 6.45) is 0. The van der Waals surface area contributed by atoms with Crippen LogP contribution in [0.25, 0.3) is 208 Å². The predicted molar refractivity (Wildman–Crippen MR) is 399 cm³/mol. The summed E-state index contributed by atoms with van der Waals surface area (Å²) in [7, 11) is 0. The van der Waals surface area contributed by atoms with Gasteiger partial charge in [-0.3, -0.25) is 0 Å². The highest BCUT2D eigenvalue weighted by Crippen LogP contribution is 2.53. The summed E-state index contributed by atoms with van der Waals surface area (Å²) in [5.41, 5.74) is 20.0. The quantitative estimate of drug-likeness (QED) is 0.149. The van der Waals surface area contributed by atoms with Crippen LogP contribution in [0.5, 0.6) is 0 Å². The lowest BCUT2D eigenvalue weighted by Gasteiger charge is -2.20. The molecule has 0 spiro atoms. The van der Waals surface area contributed by atoms with E-state index in [1.807, 2.05) is 0 Å². The van der Waals surface area contributed by atoms with Gasteiger partial charge in [0.25, 0.3) is 0 Å². The first-order valence-corrected chi connectivity index (χ1v) is 32.5. The molecule has 2 nitrogen and oxygen atoms in total. The van der Waals surface area contributed by atoms with E-state index in [-0.39, 0.29) is 0 Å². The maximum atomic E-state index is 7.52. The maximum absolute atomic E-state index is 7.52. The summed E-state index contributed by atoms with van der Waals surface area (Å²) in [6, 6.07) is 121. The minimum atomic E-state index is 0.871. The first-order chi connectivity index (χ1) is 46.7. The Morgan fingerprint density at radius 1 is 0.160 bits per heavy atom. The fraction of sp³-hybridized carbons (Fsp3) is 0. The van der Waals surface area contributed by atoms with Gasteiger partial charge >= 0.3 is 0 Å². The molecule has 434 valence electrons. The van der Waals surface area contributed by atoms with Crippen molar-refractivity contribution in [3.8, 4) is 77.9 Å². The third kappa shape index (κ3) is 7.78. The number of fused-ring (bicyclic) bond motifs is 16. The highest BCUT2D eigenvalue weighted by molar-refractivity contribution is 6.30. The van der Waals surface area contributed by atoms with E-state index in [0.29, 0.717) is 0 Å². The molecule has 0 amide bonds. The third-order valence-corrected chi connectivity index (χ3v) is 20.2. The lowest BCUT2D eigenvalue weighted by Crippen LogP contribution is -1.93. The fourth-order valence-electron chi connectivity index (χ4n) is 16.2. The van der Waals surface area contributed by atoms with E-state index < -0.39 is 0 Å². The van der Waals surface area contributed by atoms with Crippen LogP contribution in [0.4, 0.5) is 0 Å². The monoisotopic (exact) mass is 1190 g/mol. The third-order valence-electron chi connectivity index (χ3n) is 20.2. The molecule has 0 aliphatic rings. The zero-order valence-corrected chi connectivity index (χ0v) is 51.0. The Labute approximate surface area is 541 Å². The molecule has 2 aromatic heterocycles. The Morgan fingerprint density at radius 3 is 1.17 bits per heavy atom. The molecule has 2 heterocycles. The van der Waals surface area contributed by atoms with E-state index in [1.54, 1.807) is 0 Å². The van der Waals surface area contributed by atoms with Gasteiger partial charge in [0, 0.05) is 37.9 Å². The molecule has 0 bridgehead atoms. The van der Waals surface area contributed by atoms with Crippen molar-refractivity contribution in [1.82, 2.24) is 0 Å². The van der Waals surface area contributed by atoms with Crippen molar-refractivity contribution in [3.63, 3.8) is 0 Å². The second kappa shape index (κ2) is 20.6. The molecule has 0 fully saturated rings. The number of benzene rings is 18. The molecule has 94 heavy (non-hydrogen) atoms. The van der Waals surface area contributed by atoms with Crippen molar-refractivity contribution in [1.29, 1.82) is 0 Å². The summed E-state index contributed by atoms with van der Waals surface area (Å²) < 4.78 is 14.2. The summed E-state index contributed by atoms with van der Waals surface area (Å²) >= 11 is 0. The Kier molecular flexibility index (Phi) is 11.5. The van der Waals surface area contributed by atoms with E-state index in [9.17, 15) is 0 Å². The summed E-state index contributed by atoms with van der Waals surface area (Å²) in [5.74, 6) is 0. The molecule has 2 heteroatoms. The van der Waals surface area contributed by atoms with Gasteiger partial charge in [0.05, 0.1) is 0 Å². The highest BCUT2D eigenvalue weighted by atomic mass is 16.3. The summed E-state index contributed by atoms with van der Waals surface area (Å²) in [4.78, 5) is 0.